The Hall–Kier alpha value is -1.98. The molecule has 24 heavy (non-hydrogen) atoms. The number of aliphatic carboxylic acids is 1. The molecule has 0 aliphatic carbocycles. The van der Waals surface area contributed by atoms with Crippen molar-refractivity contribution in [2.75, 3.05) is 20.8 Å². The van der Waals surface area contributed by atoms with Crippen LogP contribution in [0.4, 0.5) is 0 Å². The lowest BCUT2D eigenvalue weighted by molar-refractivity contribution is -0.140. The van der Waals surface area contributed by atoms with Crippen molar-refractivity contribution >= 4 is 39.3 Å². The Morgan fingerprint density at radius 3 is 2.42 bits per heavy atom. The first kappa shape index (κ1) is 18.4. The van der Waals surface area contributed by atoms with Gasteiger partial charge in [0.05, 0.1) is 14.2 Å². The summed E-state index contributed by atoms with van der Waals surface area (Å²) in [6.45, 7) is 0.0172. The molecule has 0 aromatic carbocycles. The summed E-state index contributed by atoms with van der Waals surface area (Å²) in [6, 6.07) is -0.197. The second-order valence-corrected chi connectivity index (χ2v) is 7.81. The maximum Gasteiger partial charge on any atom is 0.349 e. The fraction of sp³-hybridized carbons (Fsp3) is 0.462. The largest absolute Gasteiger partial charge is 0.480 e. The van der Waals surface area contributed by atoms with Crippen molar-refractivity contribution in [1.82, 2.24) is 4.31 Å². The second-order valence-electron chi connectivity index (χ2n) is 4.90. The van der Waals surface area contributed by atoms with Crippen LogP contribution in [0.1, 0.15) is 32.2 Å². The number of carboxylic acid groups (broad SMARTS) is 1. The van der Waals surface area contributed by atoms with E-state index >= 15 is 0 Å². The lowest BCUT2D eigenvalue weighted by Crippen LogP contribution is -2.40. The first-order valence-electron chi connectivity index (χ1n) is 6.79. The third kappa shape index (κ3) is 3.14. The van der Waals surface area contributed by atoms with Gasteiger partial charge in [0.2, 0.25) is 10.0 Å². The van der Waals surface area contributed by atoms with Crippen LogP contribution < -0.4 is 0 Å². The van der Waals surface area contributed by atoms with Gasteiger partial charge in [-0.05, 0) is 18.9 Å². The second kappa shape index (κ2) is 6.87. The van der Waals surface area contributed by atoms with Crippen LogP contribution in [0.2, 0.25) is 0 Å². The Morgan fingerprint density at radius 2 is 1.88 bits per heavy atom. The van der Waals surface area contributed by atoms with Crippen molar-refractivity contribution in [3.8, 4) is 0 Å². The number of methoxy groups -OCH3 is 2. The molecule has 0 unspecified atom stereocenters. The molecule has 1 aromatic rings. The minimum Gasteiger partial charge on any atom is -0.480 e. The van der Waals surface area contributed by atoms with Gasteiger partial charge in [-0.1, -0.05) is 0 Å². The van der Waals surface area contributed by atoms with Crippen LogP contribution in [0.25, 0.3) is 0 Å². The number of nitrogens with zero attached hydrogens (tertiary/aromatic N) is 1. The number of carboxylic acids is 1. The molecule has 0 spiro atoms. The zero-order valence-electron chi connectivity index (χ0n) is 12.8. The van der Waals surface area contributed by atoms with Crippen LogP contribution in [0, 0.1) is 0 Å². The number of sulfonamides is 1. The molecule has 1 N–H and O–H groups in total. The molecule has 1 saturated heterocycles. The molecule has 1 aliphatic rings. The lowest BCUT2D eigenvalue weighted by atomic mass is 10.2. The van der Waals surface area contributed by atoms with E-state index in [1.807, 2.05) is 0 Å². The van der Waals surface area contributed by atoms with E-state index in [2.05, 4.69) is 9.47 Å². The van der Waals surface area contributed by atoms with Gasteiger partial charge in [-0.2, -0.15) is 4.31 Å². The summed E-state index contributed by atoms with van der Waals surface area (Å²) in [5, 5.41) is 9.18. The number of hydrogen-bond donors (Lipinski definition) is 1. The summed E-state index contributed by atoms with van der Waals surface area (Å²) >= 11 is 0.618. The van der Waals surface area contributed by atoms with Crippen LogP contribution in [-0.4, -0.2) is 62.5 Å². The molecule has 9 nitrogen and oxygen atoms in total. The first-order valence-corrected chi connectivity index (χ1v) is 9.04. The van der Waals surface area contributed by atoms with Gasteiger partial charge in [0, 0.05) is 6.54 Å². The van der Waals surface area contributed by atoms with Gasteiger partial charge in [0.1, 0.15) is 20.7 Å². The summed E-state index contributed by atoms with van der Waals surface area (Å²) in [5.41, 5.74) is 0. The highest BCUT2D eigenvalue weighted by atomic mass is 32.2. The summed E-state index contributed by atoms with van der Waals surface area (Å²) in [5.74, 6) is -3.00. The van der Waals surface area contributed by atoms with E-state index in [0.29, 0.717) is 17.8 Å². The highest BCUT2D eigenvalue weighted by molar-refractivity contribution is 7.89. The van der Waals surface area contributed by atoms with Crippen molar-refractivity contribution in [2.45, 2.75) is 23.8 Å². The number of ether oxygens (including phenoxy) is 2. The van der Waals surface area contributed by atoms with Gasteiger partial charge < -0.3 is 14.6 Å². The first-order chi connectivity index (χ1) is 11.2. The maximum absolute atomic E-state index is 12.8. The molecular formula is C13H15NO8S2. The predicted octanol–water partition coefficient (Wildman–Crippen LogP) is 0.559. The number of rotatable bonds is 5. The normalized spacial score (nSPS) is 18.3. The van der Waals surface area contributed by atoms with E-state index in [1.54, 1.807) is 0 Å². The van der Waals surface area contributed by atoms with Gasteiger partial charge >= 0.3 is 17.9 Å². The molecule has 0 radical (unpaired) electrons. The van der Waals surface area contributed by atoms with Crippen molar-refractivity contribution in [3.63, 3.8) is 0 Å². The Morgan fingerprint density at radius 1 is 1.25 bits per heavy atom. The number of carbonyl (C=O) groups excluding carboxylic acids is 2. The van der Waals surface area contributed by atoms with Gasteiger partial charge in [-0.3, -0.25) is 4.79 Å². The van der Waals surface area contributed by atoms with Gasteiger partial charge in [-0.25, -0.2) is 18.0 Å². The molecule has 0 amide bonds. The van der Waals surface area contributed by atoms with Crippen molar-refractivity contribution in [1.29, 1.82) is 0 Å². The Bertz CT molecular complexity index is 782. The molecule has 0 saturated carbocycles. The van der Waals surface area contributed by atoms with E-state index in [4.69, 9.17) is 0 Å². The fourth-order valence-corrected chi connectivity index (χ4v) is 5.55. The van der Waals surface area contributed by atoms with Crippen LogP contribution in [-0.2, 0) is 24.3 Å². The Kier molecular flexibility index (Phi) is 5.26. The highest BCUT2D eigenvalue weighted by Gasteiger charge is 2.42. The zero-order chi connectivity index (χ0) is 18.1. The number of thiophene rings is 1. The molecule has 1 aliphatic heterocycles. The maximum atomic E-state index is 12.8. The molecule has 1 fully saturated rings. The van der Waals surface area contributed by atoms with Crippen molar-refractivity contribution in [3.05, 3.63) is 15.8 Å². The van der Waals surface area contributed by atoms with Crippen LogP contribution in [0.3, 0.4) is 0 Å². The molecule has 11 heteroatoms. The molecule has 1 aromatic heterocycles. The van der Waals surface area contributed by atoms with E-state index in [-0.39, 0.29) is 22.7 Å². The van der Waals surface area contributed by atoms with Crippen LogP contribution in [0.5, 0.6) is 0 Å². The van der Waals surface area contributed by atoms with Gasteiger partial charge in [0.25, 0.3) is 0 Å². The zero-order valence-corrected chi connectivity index (χ0v) is 14.5. The molecule has 2 heterocycles. The SMILES string of the molecule is COC(=O)c1cc(S(=O)(=O)N2CCC[C@@H]2C(=O)O)c(C(=O)OC)s1. The Balaban J connectivity index is 2.56. The molecule has 132 valence electrons. The van der Waals surface area contributed by atoms with Gasteiger partial charge in [0.15, 0.2) is 0 Å². The highest BCUT2D eigenvalue weighted by Crippen LogP contribution is 2.33. The van der Waals surface area contributed by atoms with E-state index in [1.165, 1.54) is 0 Å². The summed E-state index contributed by atoms with van der Waals surface area (Å²) in [6.07, 6.45) is 0.563. The average Bonchev–Trinajstić information content (AvgIpc) is 3.20. The number of carbonyl (C=O) groups is 3. The topological polar surface area (TPSA) is 127 Å². The average molecular weight is 377 g/mol. The third-order valence-electron chi connectivity index (χ3n) is 3.53. The standard InChI is InChI=1S/C13H15NO8S2/c1-21-12(17)8-6-9(10(23-8)13(18)22-2)24(19,20)14-5-3-4-7(14)11(15)16/h6-7H,3-5H2,1-2H3,(H,15,16)/t7-/m1/s1. The minimum absolute atomic E-state index is 0.0172. The third-order valence-corrected chi connectivity index (χ3v) is 6.69. The number of esters is 2. The smallest absolute Gasteiger partial charge is 0.349 e. The van der Waals surface area contributed by atoms with E-state index in [9.17, 15) is 27.9 Å². The van der Waals surface area contributed by atoms with E-state index in [0.717, 1.165) is 24.6 Å². The molecule has 2 rings (SSSR count). The van der Waals surface area contributed by atoms with E-state index < -0.39 is 38.9 Å². The molecular weight excluding hydrogens is 362 g/mol. The fourth-order valence-electron chi connectivity index (χ4n) is 2.40. The van der Waals surface area contributed by atoms with Crippen LogP contribution >= 0.6 is 11.3 Å². The van der Waals surface area contributed by atoms with Gasteiger partial charge in [-0.15, -0.1) is 11.3 Å². The monoisotopic (exact) mass is 377 g/mol. The summed E-state index contributed by atoms with van der Waals surface area (Å²) in [7, 11) is -2.09. The Labute approximate surface area is 141 Å². The lowest BCUT2D eigenvalue weighted by Gasteiger charge is -2.20. The molecule has 0 bridgehead atoms. The number of hydrogen-bond acceptors (Lipinski definition) is 8. The summed E-state index contributed by atoms with van der Waals surface area (Å²) < 4.78 is 35.6. The van der Waals surface area contributed by atoms with Crippen LogP contribution in [0.15, 0.2) is 11.0 Å². The van der Waals surface area contributed by atoms with Crippen molar-refractivity contribution in [2.24, 2.45) is 0 Å². The molecule has 1 atom stereocenters. The summed E-state index contributed by atoms with van der Waals surface area (Å²) in [4.78, 5) is 33.9. The quantitative estimate of drug-likeness (QED) is 0.737. The van der Waals surface area contributed by atoms with Crippen molar-refractivity contribution < 1.29 is 37.4 Å². The predicted molar refractivity (Wildman–Crippen MR) is 81.5 cm³/mol. The minimum atomic E-state index is -4.29.